The predicted octanol–water partition coefficient (Wildman–Crippen LogP) is 2.81. The third-order valence-electron chi connectivity index (χ3n) is 4.66. The minimum Gasteiger partial charge on any atom is -0.287 e. The number of pyridine rings is 1. The normalized spacial score (nSPS) is 11.5. The smallest absolute Gasteiger partial charge is 0.232 e. The molecule has 8 nitrogen and oxygen atoms in total. The van der Waals surface area contributed by atoms with Crippen molar-refractivity contribution >= 4 is 27.1 Å². The highest BCUT2D eigenvalue weighted by atomic mass is 32.2. The van der Waals surface area contributed by atoms with Gasteiger partial charge in [-0.15, -0.1) is 0 Å². The summed E-state index contributed by atoms with van der Waals surface area (Å²) in [5.41, 5.74) is 3.06. The summed E-state index contributed by atoms with van der Waals surface area (Å²) in [4.78, 5) is 21.3. The van der Waals surface area contributed by atoms with E-state index in [9.17, 15) is 13.2 Å². The lowest BCUT2D eigenvalue weighted by Crippen LogP contribution is -2.29. The van der Waals surface area contributed by atoms with Crippen molar-refractivity contribution in [2.24, 2.45) is 0 Å². The van der Waals surface area contributed by atoms with Crippen LogP contribution in [0.15, 0.2) is 67.1 Å². The zero-order valence-electron chi connectivity index (χ0n) is 16.4. The van der Waals surface area contributed by atoms with Gasteiger partial charge in [-0.1, -0.05) is 18.2 Å². The molecule has 0 amide bonds. The molecule has 0 aliphatic rings. The Kier molecular flexibility index (Phi) is 5.04. The van der Waals surface area contributed by atoms with Crippen LogP contribution < -0.4 is 4.31 Å². The van der Waals surface area contributed by atoms with Gasteiger partial charge in [0.2, 0.25) is 15.8 Å². The van der Waals surface area contributed by atoms with Gasteiger partial charge in [-0.05, 0) is 37.3 Å². The third kappa shape index (κ3) is 3.55. The molecule has 0 unspecified atom stereocenters. The summed E-state index contributed by atoms with van der Waals surface area (Å²) in [5.74, 6) is -0.266. The Morgan fingerprint density at radius 3 is 2.60 bits per heavy atom. The van der Waals surface area contributed by atoms with Gasteiger partial charge in [-0.3, -0.25) is 14.1 Å². The van der Waals surface area contributed by atoms with Crippen LogP contribution in [0, 0.1) is 0 Å². The minimum absolute atomic E-state index is 0.266. The third-order valence-corrected chi connectivity index (χ3v) is 5.93. The average Bonchev–Trinajstić information content (AvgIpc) is 3.18. The quantitative estimate of drug-likeness (QED) is 0.444. The average molecular weight is 421 g/mol. The van der Waals surface area contributed by atoms with Crippen LogP contribution in [0.5, 0.6) is 0 Å². The fraction of sp³-hybridized carbons (Fsp3) is 0.143. The molecular weight excluding hydrogens is 402 g/mol. The Morgan fingerprint density at radius 1 is 1.07 bits per heavy atom. The van der Waals surface area contributed by atoms with E-state index in [1.54, 1.807) is 66.3 Å². The Balaban J connectivity index is 1.81. The summed E-state index contributed by atoms with van der Waals surface area (Å²) >= 11 is 0. The van der Waals surface area contributed by atoms with Gasteiger partial charge in [0, 0.05) is 24.5 Å². The molecule has 0 aliphatic carbocycles. The van der Waals surface area contributed by atoms with E-state index >= 15 is 0 Å². The number of aromatic nitrogens is 4. The molecule has 3 heterocycles. The maximum Gasteiger partial charge on any atom is 0.232 e. The van der Waals surface area contributed by atoms with Crippen molar-refractivity contribution in [2.45, 2.75) is 6.92 Å². The van der Waals surface area contributed by atoms with Gasteiger partial charge in [-0.2, -0.15) is 5.10 Å². The molecule has 0 radical (unpaired) electrons. The molecule has 9 heteroatoms. The molecule has 0 atom stereocenters. The lowest BCUT2D eigenvalue weighted by Gasteiger charge is -2.21. The van der Waals surface area contributed by atoms with Gasteiger partial charge >= 0.3 is 0 Å². The lowest BCUT2D eigenvalue weighted by atomic mass is 10.1. The summed E-state index contributed by atoms with van der Waals surface area (Å²) in [6.07, 6.45) is 5.81. The summed E-state index contributed by atoms with van der Waals surface area (Å²) in [6.45, 7) is 2.10. The van der Waals surface area contributed by atoms with E-state index in [2.05, 4.69) is 15.1 Å². The van der Waals surface area contributed by atoms with E-state index in [0.29, 0.717) is 34.8 Å². The number of hydrogen-bond donors (Lipinski definition) is 0. The highest BCUT2D eigenvalue weighted by Gasteiger charge is 2.20. The first-order valence-electron chi connectivity index (χ1n) is 9.26. The Labute approximate surface area is 173 Å². The number of fused-ring (bicyclic) bond motifs is 1. The van der Waals surface area contributed by atoms with Crippen molar-refractivity contribution in [3.8, 4) is 11.3 Å². The summed E-state index contributed by atoms with van der Waals surface area (Å²) in [6, 6.07) is 14.1. The van der Waals surface area contributed by atoms with Gasteiger partial charge in [0.15, 0.2) is 5.65 Å². The topological polar surface area (TPSA) is 97.5 Å². The van der Waals surface area contributed by atoms with Gasteiger partial charge in [0.05, 0.1) is 29.4 Å². The van der Waals surface area contributed by atoms with Crippen molar-refractivity contribution < 1.29 is 13.2 Å². The molecule has 0 saturated heterocycles. The maximum absolute atomic E-state index is 12.8. The predicted molar refractivity (Wildman–Crippen MR) is 114 cm³/mol. The van der Waals surface area contributed by atoms with Crippen LogP contribution in [0.3, 0.4) is 0 Å². The van der Waals surface area contributed by atoms with E-state index in [1.165, 1.54) is 16.8 Å². The second-order valence-electron chi connectivity index (χ2n) is 6.65. The Bertz CT molecular complexity index is 1330. The van der Waals surface area contributed by atoms with Crippen LogP contribution in [-0.2, 0) is 10.0 Å². The second-order valence-corrected chi connectivity index (χ2v) is 8.55. The fourth-order valence-electron chi connectivity index (χ4n) is 3.33. The van der Waals surface area contributed by atoms with E-state index in [1.807, 2.05) is 6.07 Å². The fourth-order valence-corrected chi connectivity index (χ4v) is 4.30. The molecule has 4 aromatic rings. The standard InChI is InChI=1S/C21H19N5O3S/c1-3-25(30(2,28)29)16-8-6-7-15(13-16)19-10-12-23-21-17(14-24-26(19)21)20(27)18-9-4-5-11-22-18/h4-14H,3H2,1-2H3. The van der Waals surface area contributed by atoms with Crippen molar-refractivity contribution in [1.29, 1.82) is 0 Å². The largest absolute Gasteiger partial charge is 0.287 e. The number of benzene rings is 1. The first-order valence-corrected chi connectivity index (χ1v) is 11.1. The molecular formula is C21H19N5O3S. The number of nitrogens with zero attached hydrogens (tertiary/aromatic N) is 5. The molecule has 4 rings (SSSR count). The number of rotatable bonds is 6. The highest BCUT2D eigenvalue weighted by Crippen LogP contribution is 2.27. The lowest BCUT2D eigenvalue weighted by molar-refractivity contribution is 0.103. The number of hydrogen-bond acceptors (Lipinski definition) is 6. The molecule has 0 saturated carbocycles. The van der Waals surface area contributed by atoms with Crippen molar-refractivity contribution in [3.63, 3.8) is 0 Å². The SMILES string of the molecule is CCN(c1cccc(-c2ccnc3c(C(=O)c4ccccn4)cnn23)c1)S(C)(=O)=O. The number of sulfonamides is 1. The Hall–Kier alpha value is -3.59. The van der Waals surface area contributed by atoms with Crippen molar-refractivity contribution in [2.75, 3.05) is 17.1 Å². The first-order chi connectivity index (χ1) is 14.4. The summed E-state index contributed by atoms with van der Waals surface area (Å²) in [5, 5.41) is 4.36. The zero-order chi connectivity index (χ0) is 21.3. The molecule has 3 aromatic heterocycles. The van der Waals surface area contributed by atoms with E-state index < -0.39 is 10.0 Å². The summed E-state index contributed by atoms with van der Waals surface area (Å²) < 4.78 is 27.1. The van der Waals surface area contributed by atoms with Crippen LogP contribution in [0.2, 0.25) is 0 Å². The Morgan fingerprint density at radius 2 is 1.90 bits per heavy atom. The van der Waals surface area contributed by atoms with Crippen molar-refractivity contribution in [3.05, 3.63) is 78.4 Å². The minimum atomic E-state index is -3.40. The molecule has 0 spiro atoms. The van der Waals surface area contributed by atoms with Gasteiger partial charge in [0.1, 0.15) is 5.69 Å². The molecule has 0 aliphatic heterocycles. The monoisotopic (exact) mass is 421 g/mol. The molecule has 30 heavy (non-hydrogen) atoms. The van der Waals surface area contributed by atoms with Crippen LogP contribution in [0.1, 0.15) is 23.0 Å². The van der Waals surface area contributed by atoms with Crippen molar-refractivity contribution in [1.82, 2.24) is 19.6 Å². The number of ketones is 1. The summed E-state index contributed by atoms with van der Waals surface area (Å²) in [7, 11) is -3.40. The molecule has 0 fully saturated rings. The van der Waals surface area contributed by atoms with Crippen LogP contribution >= 0.6 is 0 Å². The number of carbonyl (C=O) groups is 1. The number of carbonyl (C=O) groups excluding carboxylic acids is 1. The zero-order valence-corrected chi connectivity index (χ0v) is 17.2. The van der Waals surface area contributed by atoms with Gasteiger partial charge in [0.25, 0.3) is 0 Å². The highest BCUT2D eigenvalue weighted by molar-refractivity contribution is 7.92. The van der Waals surface area contributed by atoms with E-state index in [4.69, 9.17) is 0 Å². The molecule has 152 valence electrons. The van der Waals surface area contributed by atoms with E-state index in [0.717, 1.165) is 5.56 Å². The molecule has 1 aromatic carbocycles. The number of anilines is 1. The van der Waals surface area contributed by atoms with E-state index in [-0.39, 0.29) is 5.78 Å². The van der Waals surface area contributed by atoms with Crippen LogP contribution in [0.25, 0.3) is 16.9 Å². The van der Waals surface area contributed by atoms with Crippen LogP contribution in [0.4, 0.5) is 5.69 Å². The van der Waals surface area contributed by atoms with Crippen LogP contribution in [-0.4, -0.2) is 46.6 Å². The van der Waals surface area contributed by atoms with Gasteiger partial charge in [-0.25, -0.2) is 17.9 Å². The first kappa shape index (κ1) is 19.7. The second kappa shape index (κ2) is 7.68. The van der Waals surface area contributed by atoms with Gasteiger partial charge < -0.3 is 0 Å². The molecule has 0 N–H and O–H groups in total. The maximum atomic E-state index is 12.8. The molecule has 0 bridgehead atoms.